The van der Waals surface area contributed by atoms with Crippen molar-refractivity contribution in [2.75, 3.05) is 107 Å². The van der Waals surface area contributed by atoms with Crippen molar-refractivity contribution in [1.82, 2.24) is 15.1 Å². The van der Waals surface area contributed by atoms with E-state index in [0.29, 0.717) is 65.4 Å². The van der Waals surface area contributed by atoms with Gasteiger partial charge in [0.05, 0.1) is 26.4 Å². The molecular weight excluding hydrogens is 658 g/mol. The average Bonchev–Trinajstić information content (AvgIpc) is 3.11. The molecule has 0 bridgehead atoms. The first-order chi connectivity index (χ1) is 24.8. The largest absolute Gasteiger partial charge is 0.464 e. The first-order valence-electron chi connectivity index (χ1n) is 19.2. The van der Waals surface area contributed by atoms with Gasteiger partial charge in [-0.3, -0.25) is 0 Å². The Bertz CT molecular complexity index is 783. The molecule has 0 spiro atoms. The van der Waals surface area contributed by atoms with E-state index in [4.69, 9.17) is 28.4 Å². The van der Waals surface area contributed by atoms with Crippen molar-refractivity contribution in [1.29, 1.82) is 0 Å². The summed E-state index contributed by atoms with van der Waals surface area (Å²) in [4.78, 5) is 27.9. The van der Waals surface area contributed by atoms with Crippen molar-refractivity contribution in [2.24, 2.45) is 0 Å². The summed E-state index contributed by atoms with van der Waals surface area (Å²) in [7, 11) is 3.65. The zero-order valence-corrected chi connectivity index (χ0v) is 32.4. The number of allylic oxidation sites excluding steroid dienone is 2. The molecule has 0 aromatic rings. The minimum Gasteiger partial charge on any atom is -0.464 e. The summed E-state index contributed by atoms with van der Waals surface area (Å²) in [6.45, 7) is 10.5. The molecule has 0 radical (unpaired) electrons. The number of aliphatic hydroxyl groups excluding tert-OH is 2. The van der Waals surface area contributed by atoms with Gasteiger partial charge in [0.25, 0.3) is 0 Å². The van der Waals surface area contributed by atoms with Crippen molar-refractivity contribution < 1.29 is 48.2 Å². The fourth-order valence-electron chi connectivity index (χ4n) is 4.51. The summed E-state index contributed by atoms with van der Waals surface area (Å²) in [6, 6.07) is 0. The molecule has 0 amide bonds. The maximum atomic E-state index is 12.1. The van der Waals surface area contributed by atoms with E-state index in [0.717, 1.165) is 38.5 Å². The molecule has 0 aliphatic rings. The highest BCUT2D eigenvalue weighted by Crippen LogP contribution is 2.01. The maximum absolute atomic E-state index is 12.1. The van der Waals surface area contributed by atoms with Gasteiger partial charge in [-0.2, -0.15) is 0 Å². The van der Waals surface area contributed by atoms with Crippen molar-refractivity contribution in [3.63, 3.8) is 0 Å². The van der Waals surface area contributed by atoms with Crippen LogP contribution in [0.15, 0.2) is 24.3 Å². The Balaban J connectivity index is 3.68. The molecule has 0 aromatic heterocycles. The van der Waals surface area contributed by atoms with Gasteiger partial charge in [0.15, 0.2) is 12.2 Å². The van der Waals surface area contributed by atoms with Gasteiger partial charge in [-0.1, -0.05) is 63.8 Å². The SMILES string of the molecule is CCCC/C=C\CCOCOCCCCOC(=O)C(O)CN(C)CCNCCN(C)CC(O)C(=O)OCCCCOCOCC/C=C\CCCC. The summed E-state index contributed by atoms with van der Waals surface area (Å²) >= 11 is 0. The molecule has 0 saturated heterocycles. The maximum Gasteiger partial charge on any atom is 0.336 e. The Hall–Kier alpha value is -1.94. The summed E-state index contributed by atoms with van der Waals surface area (Å²) in [5, 5.41) is 23.7. The quantitative estimate of drug-likeness (QED) is 0.0363. The summed E-state index contributed by atoms with van der Waals surface area (Å²) in [5.41, 5.74) is 0. The van der Waals surface area contributed by atoms with E-state index in [1.807, 2.05) is 23.9 Å². The number of hydrogen-bond donors (Lipinski definition) is 3. The average molecular weight is 732 g/mol. The predicted octanol–water partition coefficient (Wildman–Crippen LogP) is 4.06. The summed E-state index contributed by atoms with van der Waals surface area (Å²) in [5.74, 6) is -1.26. The van der Waals surface area contributed by atoms with E-state index < -0.39 is 24.1 Å². The first kappa shape index (κ1) is 49.1. The lowest BCUT2D eigenvalue weighted by Gasteiger charge is -2.21. The van der Waals surface area contributed by atoms with Gasteiger partial charge in [-0.15, -0.1) is 0 Å². The molecule has 13 heteroatoms. The molecule has 0 aliphatic carbocycles. The number of aliphatic hydroxyl groups is 2. The van der Waals surface area contributed by atoms with E-state index >= 15 is 0 Å². The van der Waals surface area contributed by atoms with Gasteiger partial charge >= 0.3 is 11.9 Å². The Morgan fingerprint density at radius 1 is 0.569 bits per heavy atom. The number of rotatable bonds is 38. The normalized spacial score (nSPS) is 13.2. The molecule has 0 fully saturated rings. The number of carbonyl (C=O) groups is 2. The van der Waals surface area contributed by atoms with Gasteiger partial charge < -0.3 is 53.8 Å². The van der Waals surface area contributed by atoms with Crippen LogP contribution in [0.3, 0.4) is 0 Å². The van der Waals surface area contributed by atoms with E-state index in [1.165, 1.54) is 25.7 Å². The van der Waals surface area contributed by atoms with Crippen LogP contribution < -0.4 is 5.32 Å². The number of nitrogens with zero attached hydrogens (tertiary/aromatic N) is 2. The Kier molecular flexibility index (Phi) is 36.4. The molecule has 0 aromatic carbocycles. The van der Waals surface area contributed by atoms with E-state index in [9.17, 15) is 19.8 Å². The van der Waals surface area contributed by atoms with Crippen LogP contribution in [0.2, 0.25) is 0 Å². The first-order valence-corrected chi connectivity index (χ1v) is 19.2. The highest BCUT2D eigenvalue weighted by Gasteiger charge is 2.19. The minimum absolute atomic E-state index is 0.168. The van der Waals surface area contributed by atoms with Crippen LogP contribution in [0.4, 0.5) is 0 Å². The van der Waals surface area contributed by atoms with Crippen LogP contribution >= 0.6 is 0 Å². The standard InChI is InChI=1S/C38H73N3O10/c1-5-7-9-11-13-15-25-46-33-48-27-17-19-29-50-37(44)35(42)31-40(3)23-21-39-22-24-41(4)32-36(43)38(45)51-30-20-18-28-49-34-47-26-16-14-12-10-8-6-2/h11-14,35-36,39,42-43H,5-10,15-34H2,1-4H3/b13-11-,14-12-. The molecule has 0 saturated carbocycles. The minimum atomic E-state index is -1.21. The lowest BCUT2D eigenvalue weighted by molar-refractivity contribution is -0.155. The lowest BCUT2D eigenvalue weighted by atomic mass is 10.2. The predicted molar refractivity (Wildman–Crippen MR) is 200 cm³/mol. The fourth-order valence-corrected chi connectivity index (χ4v) is 4.51. The Morgan fingerprint density at radius 2 is 0.941 bits per heavy atom. The van der Waals surface area contributed by atoms with Crippen molar-refractivity contribution in [3.05, 3.63) is 24.3 Å². The number of carbonyl (C=O) groups excluding carboxylic acids is 2. The number of esters is 2. The third-order valence-corrected chi connectivity index (χ3v) is 7.68. The van der Waals surface area contributed by atoms with Crippen molar-refractivity contribution >= 4 is 11.9 Å². The number of hydrogen-bond acceptors (Lipinski definition) is 13. The molecule has 0 rings (SSSR count). The highest BCUT2D eigenvalue weighted by molar-refractivity contribution is 5.75. The van der Waals surface area contributed by atoms with Gasteiger partial charge in [-0.25, -0.2) is 9.59 Å². The molecule has 13 nitrogen and oxygen atoms in total. The van der Waals surface area contributed by atoms with Crippen LogP contribution in [-0.4, -0.2) is 151 Å². The second-order valence-electron chi connectivity index (χ2n) is 12.7. The topological polar surface area (TPSA) is 148 Å². The van der Waals surface area contributed by atoms with Crippen LogP contribution in [-0.2, 0) is 38.0 Å². The Labute approximate surface area is 309 Å². The molecule has 2 unspecified atom stereocenters. The molecule has 300 valence electrons. The molecular formula is C38H73N3O10. The van der Waals surface area contributed by atoms with Crippen molar-refractivity contribution in [2.45, 2.75) is 103 Å². The smallest absolute Gasteiger partial charge is 0.336 e. The van der Waals surface area contributed by atoms with Gasteiger partial charge in [0, 0.05) is 52.5 Å². The molecule has 51 heavy (non-hydrogen) atoms. The number of ether oxygens (including phenoxy) is 6. The van der Waals surface area contributed by atoms with Crippen LogP contribution in [0.1, 0.15) is 90.9 Å². The summed E-state index contributed by atoms with van der Waals surface area (Å²) in [6.07, 6.45) is 17.9. The number of nitrogens with one attached hydrogen (secondary N) is 1. The van der Waals surface area contributed by atoms with E-state index in [1.54, 1.807) is 0 Å². The monoisotopic (exact) mass is 732 g/mol. The second-order valence-corrected chi connectivity index (χ2v) is 12.7. The van der Waals surface area contributed by atoms with E-state index in [-0.39, 0.29) is 39.9 Å². The number of likely N-dealkylation sites (N-methyl/N-ethyl adjacent to an activating group) is 2. The zero-order valence-electron chi connectivity index (χ0n) is 32.4. The van der Waals surface area contributed by atoms with E-state index in [2.05, 4.69) is 43.5 Å². The number of unbranched alkanes of at least 4 members (excludes halogenated alkanes) is 6. The van der Waals surface area contributed by atoms with Crippen molar-refractivity contribution in [3.8, 4) is 0 Å². The highest BCUT2D eigenvalue weighted by atomic mass is 16.7. The van der Waals surface area contributed by atoms with Gasteiger partial charge in [-0.05, 0) is 65.5 Å². The fraction of sp³-hybridized carbons (Fsp3) is 0.842. The summed E-state index contributed by atoms with van der Waals surface area (Å²) < 4.78 is 32.1. The molecule has 0 aliphatic heterocycles. The van der Waals surface area contributed by atoms with Crippen LogP contribution in [0, 0.1) is 0 Å². The molecule has 3 N–H and O–H groups in total. The van der Waals surface area contributed by atoms with Gasteiger partial charge in [0.2, 0.25) is 0 Å². The van der Waals surface area contributed by atoms with Crippen LogP contribution in [0.5, 0.6) is 0 Å². The second kappa shape index (κ2) is 37.8. The Morgan fingerprint density at radius 3 is 1.35 bits per heavy atom. The lowest BCUT2D eigenvalue weighted by Crippen LogP contribution is -2.41. The van der Waals surface area contributed by atoms with Gasteiger partial charge in [0.1, 0.15) is 13.6 Å². The van der Waals surface area contributed by atoms with Crippen LogP contribution in [0.25, 0.3) is 0 Å². The third-order valence-electron chi connectivity index (χ3n) is 7.68. The third kappa shape index (κ3) is 34.9. The molecule has 0 heterocycles. The molecule has 2 atom stereocenters. The zero-order chi connectivity index (χ0) is 37.6.